The lowest BCUT2D eigenvalue weighted by atomic mass is 9.91. The van der Waals surface area contributed by atoms with Gasteiger partial charge in [0.1, 0.15) is 5.60 Å². The lowest BCUT2D eigenvalue weighted by Gasteiger charge is -2.27. The van der Waals surface area contributed by atoms with Crippen LogP contribution in [0.25, 0.3) is 0 Å². The second-order valence-electron chi connectivity index (χ2n) is 4.63. The van der Waals surface area contributed by atoms with Crippen molar-refractivity contribution < 1.29 is 13.5 Å². The maximum atomic E-state index is 11.4. The zero-order valence-corrected chi connectivity index (χ0v) is 10.1. The summed E-state index contributed by atoms with van der Waals surface area (Å²) in [6, 6.07) is 9.10. The Morgan fingerprint density at radius 3 is 2.31 bits per heavy atom. The van der Waals surface area contributed by atoms with Crippen molar-refractivity contribution in [3.8, 4) is 0 Å². The van der Waals surface area contributed by atoms with Crippen LogP contribution in [0.4, 0.5) is 0 Å². The van der Waals surface area contributed by atoms with E-state index in [-0.39, 0.29) is 11.7 Å². The second kappa shape index (κ2) is 3.86. The summed E-state index contributed by atoms with van der Waals surface area (Å²) >= 11 is 0. The van der Waals surface area contributed by atoms with E-state index >= 15 is 0 Å². The zero-order valence-electron chi connectivity index (χ0n) is 9.26. The smallest absolute Gasteiger partial charge is 0.150 e. The Kier molecular flexibility index (Phi) is 2.80. The number of hydrogen-bond donors (Lipinski definition) is 1. The van der Waals surface area contributed by atoms with Crippen LogP contribution in [0.2, 0.25) is 0 Å². The normalized spacial score (nSPS) is 20.4. The van der Waals surface area contributed by atoms with Crippen LogP contribution >= 0.6 is 0 Å². The molecule has 88 valence electrons. The van der Waals surface area contributed by atoms with Gasteiger partial charge in [-0.1, -0.05) is 30.3 Å². The molecule has 0 bridgehead atoms. The first kappa shape index (κ1) is 11.6. The van der Waals surface area contributed by atoms with E-state index in [9.17, 15) is 13.5 Å². The number of hydrogen-bond acceptors (Lipinski definition) is 3. The quantitative estimate of drug-likeness (QED) is 0.863. The van der Waals surface area contributed by atoms with Crippen LogP contribution in [0, 0.1) is 5.92 Å². The van der Waals surface area contributed by atoms with Gasteiger partial charge in [0.15, 0.2) is 9.84 Å². The van der Waals surface area contributed by atoms with Gasteiger partial charge in [-0.15, -0.1) is 0 Å². The average Bonchev–Trinajstić information content (AvgIpc) is 2.99. The van der Waals surface area contributed by atoms with Gasteiger partial charge in [-0.2, -0.15) is 0 Å². The molecule has 1 aromatic carbocycles. The summed E-state index contributed by atoms with van der Waals surface area (Å²) in [7, 11) is -3.18. The predicted molar refractivity (Wildman–Crippen MR) is 62.8 cm³/mol. The summed E-state index contributed by atoms with van der Waals surface area (Å²) in [4.78, 5) is 0. The maximum absolute atomic E-state index is 11.4. The summed E-state index contributed by atoms with van der Waals surface area (Å²) in [5.74, 6) is -0.0982. The Bertz CT molecular complexity index is 462. The van der Waals surface area contributed by atoms with Crippen LogP contribution in [-0.2, 0) is 15.4 Å². The highest BCUT2D eigenvalue weighted by molar-refractivity contribution is 7.90. The average molecular weight is 240 g/mol. The van der Waals surface area contributed by atoms with Crippen molar-refractivity contribution in [1.82, 2.24) is 0 Å². The minimum absolute atomic E-state index is 0.0876. The van der Waals surface area contributed by atoms with Crippen molar-refractivity contribution in [2.45, 2.75) is 18.4 Å². The van der Waals surface area contributed by atoms with Gasteiger partial charge in [-0.3, -0.25) is 0 Å². The van der Waals surface area contributed by atoms with Crippen LogP contribution in [0.1, 0.15) is 18.4 Å². The van der Waals surface area contributed by atoms with E-state index < -0.39 is 15.4 Å². The monoisotopic (exact) mass is 240 g/mol. The molecule has 3 nitrogen and oxygen atoms in total. The largest absolute Gasteiger partial charge is 0.384 e. The van der Waals surface area contributed by atoms with Gasteiger partial charge in [0.25, 0.3) is 0 Å². The molecule has 0 unspecified atom stereocenters. The molecule has 1 N–H and O–H groups in total. The molecule has 0 aliphatic heterocycles. The second-order valence-corrected chi connectivity index (χ2v) is 6.77. The van der Waals surface area contributed by atoms with Crippen LogP contribution in [0.5, 0.6) is 0 Å². The van der Waals surface area contributed by atoms with Gasteiger partial charge >= 0.3 is 0 Å². The fourth-order valence-corrected chi connectivity index (χ4v) is 3.33. The van der Waals surface area contributed by atoms with Crippen molar-refractivity contribution in [3.05, 3.63) is 35.9 Å². The molecule has 4 heteroatoms. The fourth-order valence-electron chi connectivity index (χ4n) is 2.12. The van der Waals surface area contributed by atoms with Crippen molar-refractivity contribution >= 4 is 9.84 Å². The lowest BCUT2D eigenvalue weighted by Crippen LogP contribution is -2.36. The van der Waals surface area contributed by atoms with E-state index in [0.29, 0.717) is 5.56 Å². The van der Waals surface area contributed by atoms with E-state index in [2.05, 4.69) is 0 Å². The molecule has 1 aliphatic carbocycles. The highest BCUT2D eigenvalue weighted by Crippen LogP contribution is 2.46. The minimum atomic E-state index is -3.18. The minimum Gasteiger partial charge on any atom is -0.384 e. The lowest BCUT2D eigenvalue weighted by molar-refractivity contribution is 0.0367. The molecule has 1 atom stereocenters. The summed E-state index contributed by atoms with van der Waals surface area (Å²) in [6.07, 6.45) is 2.98. The molecule has 0 heterocycles. The highest BCUT2D eigenvalue weighted by Gasteiger charge is 2.46. The molecule has 2 rings (SSSR count). The molecular weight excluding hydrogens is 224 g/mol. The van der Waals surface area contributed by atoms with Crippen LogP contribution in [-0.4, -0.2) is 25.5 Å². The maximum Gasteiger partial charge on any atom is 0.150 e. The molecule has 0 aromatic heterocycles. The Morgan fingerprint density at radius 2 is 1.88 bits per heavy atom. The zero-order chi connectivity index (χ0) is 11.8. The molecule has 1 fully saturated rings. The number of sulfone groups is 1. The van der Waals surface area contributed by atoms with E-state index in [1.807, 2.05) is 18.2 Å². The molecule has 1 aliphatic rings. The highest BCUT2D eigenvalue weighted by atomic mass is 32.2. The summed E-state index contributed by atoms with van der Waals surface area (Å²) < 4.78 is 22.8. The summed E-state index contributed by atoms with van der Waals surface area (Å²) in [5, 5.41) is 10.6. The van der Waals surface area contributed by atoms with Gasteiger partial charge in [0, 0.05) is 6.26 Å². The molecule has 1 saturated carbocycles. The topological polar surface area (TPSA) is 54.4 Å². The van der Waals surface area contributed by atoms with Crippen LogP contribution in [0.3, 0.4) is 0 Å². The Labute approximate surface area is 96.0 Å². The molecule has 0 spiro atoms. The van der Waals surface area contributed by atoms with Gasteiger partial charge in [-0.05, 0) is 24.3 Å². The van der Waals surface area contributed by atoms with Gasteiger partial charge in [-0.25, -0.2) is 8.42 Å². The third kappa shape index (κ3) is 2.44. The fraction of sp³-hybridized carbons (Fsp3) is 0.500. The molecule has 16 heavy (non-hydrogen) atoms. The van der Waals surface area contributed by atoms with Crippen molar-refractivity contribution in [1.29, 1.82) is 0 Å². The van der Waals surface area contributed by atoms with Gasteiger partial charge < -0.3 is 5.11 Å². The third-order valence-electron chi connectivity index (χ3n) is 3.01. The van der Waals surface area contributed by atoms with E-state index in [1.165, 1.54) is 6.26 Å². The molecule has 0 saturated heterocycles. The Balaban J connectivity index is 2.36. The first-order chi connectivity index (χ1) is 7.42. The van der Waals surface area contributed by atoms with E-state index in [4.69, 9.17) is 0 Å². The van der Waals surface area contributed by atoms with Crippen molar-refractivity contribution in [3.63, 3.8) is 0 Å². The van der Waals surface area contributed by atoms with Gasteiger partial charge in [0.05, 0.1) is 5.75 Å². The Morgan fingerprint density at radius 1 is 1.31 bits per heavy atom. The predicted octanol–water partition coefficient (Wildman–Crippen LogP) is 1.33. The molecule has 0 amide bonds. The van der Waals surface area contributed by atoms with Crippen molar-refractivity contribution in [2.75, 3.05) is 12.0 Å². The Hall–Kier alpha value is -0.870. The first-order valence-corrected chi connectivity index (χ1v) is 7.43. The summed E-state index contributed by atoms with van der Waals surface area (Å²) in [6.45, 7) is 0. The SMILES string of the molecule is CS(=O)(=O)C[C@](O)(c1ccccc1)C1CC1. The van der Waals surface area contributed by atoms with Gasteiger partial charge in [0.2, 0.25) is 0 Å². The number of aliphatic hydroxyl groups is 1. The summed E-state index contributed by atoms with van der Waals surface area (Å²) in [5.41, 5.74) is -0.489. The van der Waals surface area contributed by atoms with E-state index in [0.717, 1.165) is 12.8 Å². The van der Waals surface area contributed by atoms with Crippen LogP contribution < -0.4 is 0 Å². The van der Waals surface area contributed by atoms with Crippen molar-refractivity contribution in [2.24, 2.45) is 5.92 Å². The molecular formula is C12H16O3S. The number of rotatable bonds is 4. The number of benzene rings is 1. The third-order valence-corrected chi connectivity index (χ3v) is 3.97. The van der Waals surface area contributed by atoms with Crippen LogP contribution in [0.15, 0.2) is 30.3 Å². The first-order valence-electron chi connectivity index (χ1n) is 5.37. The molecule has 0 radical (unpaired) electrons. The van der Waals surface area contributed by atoms with E-state index in [1.54, 1.807) is 12.1 Å². The standard InChI is InChI=1S/C12H16O3S/c1-16(14,15)9-12(13,11-7-8-11)10-5-3-2-4-6-10/h2-6,11,13H,7-9H2,1H3/t12-/m0/s1. The molecule has 1 aromatic rings.